The van der Waals surface area contributed by atoms with Gasteiger partial charge in [0.2, 0.25) is 0 Å². The van der Waals surface area contributed by atoms with Gasteiger partial charge in [-0.3, -0.25) is 4.79 Å². The molecule has 0 amide bonds. The Labute approximate surface area is 66.7 Å². The number of carbonyl (C=O) groups is 1. The van der Waals surface area contributed by atoms with E-state index in [1.165, 1.54) is 0 Å². The minimum atomic E-state index is -0.119. The summed E-state index contributed by atoms with van der Waals surface area (Å²) in [5, 5.41) is 0. The van der Waals surface area contributed by atoms with Crippen LogP contribution in [0.25, 0.3) is 0 Å². The molecule has 0 N–H and O–H groups in total. The molecule has 1 aliphatic carbocycles. The molecular weight excluding hydrogens is 144 g/mol. The summed E-state index contributed by atoms with van der Waals surface area (Å²) >= 11 is 0. The number of hydrogen-bond donors (Lipinski definition) is 0. The number of rotatable bonds is 3. The number of hydrogen-bond acceptors (Lipinski definition) is 3. The molecule has 3 nitrogen and oxygen atoms in total. The van der Waals surface area contributed by atoms with E-state index in [9.17, 15) is 4.79 Å². The molecule has 0 saturated heterocycles. The van der Waals surface area contributed by atoms with Crippen molar-refractivity contribution in [3.63, 3.8) is 0 Å². The number of ether oxygens (including phenoxy) is 2. The predicted molar refractivity (Wildman–Crippen MR) is 40.1 cm³/mol. The van der Waals surface area contributed by atoms with Crippen LogP contribution >= 0.6 is 0 Å². The van der Waals surface area contributed by atoms with E-state index in [1.807, 2.05) is 13.8 Å². The largest absolute Gasteiger partial charge is 0.466 e. The van der Waals surface area contributed by atoms with Crippen molar-refractivity contribution in [2.75, 3.05) is 13.7 Å². The number of methoxy groups -OCH3 is 1. The van der Waals surface area contributed by atoms with Gasteiger partial charge in [-0.1, -0.05) is 6.92 Å². The smallest absolute Gasteiger partial charge is 0.311 e. The molecule has 1 fully saturated rings. The highest BCUT2D eigenvalue weighted by Crippen LogP contribution is 2.41. The van der Waals surface area contributed by atoms with E-state index >= 15 is 0 Å². The molecule has 1 saturated carbocycles. The van der Waals surface area contributed by atoms with Gasteiger partial charge in [-0.2, -0.15) is 0 Å². The van der Waals surface area contributed by atoms with Crippen LogP contribution in [0.4, 0.5) is 0 Å². The van der Waals surface area contributed by atoms with E-state index in [0.29, 0.717) is 12.5 Å². The van der Waals surface area contributed by atoms with Crippen LogP contribution < -0.4 is 0 Å². The van der Waals surface area contributed by atoms with Gasteiger partial charge in [-0.15, -0.1) is 0 Å². The molecule has 64 valence electrons. The Hall–Kier alpha value is -0.570. The molecule has 0 radical (unpaired) electrons. The van der Waals surface area contributed by atoms with E-state index in [0.717, 1.165) is 0 Å². The quantitative estimate of drug-likeness (QED) is 0.571. The Balaban J connectivity index is 2.34. The second-order valence-electron chi connectivity index (χ2n) is 2.84. The molecule has 0 bridgehead atoms. The number of carbonyl (C=O) groups excluding carboxylic acids is 1. The van der Waals surface area contributed by atoms with Gasteiger partial charge in [0, 0.05) is 7.11 Å². The fourth-order valence-electron chi connectivity index (χ4n) is 1.37. The Morgan fingerprint density at radius 2 is 2.18 bits per heavy atom. The van der Waals surface area contributed by atoms with Gasteiger partial charge in [0.15, 0.2) is 0 Å². The van der Waals surface area contributed by atoms with Crippen LogP contribution in [0.5, 0.6) is 0 Å². The summed E-state index contributed by atoms with van der Waals surface area (Å²) in [5.74, 6) is 0.200. The second kappa shape index (κ2) is 3.22. The Kier molecular flexibility index (Phi) is 2.49. The maximum Gasteiger partial charge on any atom is 0.311 e. The molecule has 0 heterocycles. The zero-order valence-electron chi connectivity index (χ0n) is 7.16. The summed E-state index contributed by atoms with van der Waals surface area (Å²) in [7, 11) is 1.63. The van der Waals surface area contributed by atoms with Gasteiger partial charge in [-0.25, -0.2) is 0 Å². The molecule has 1 aliphatic rings. The summed E-state index contributed by atoms with van der Waals surface area (Å²) in [6.07, 6.45) is 0.0917. The molecule has 0 aromatic heterocycles. The zero-order valence-corrected chi connectivity index (χ0v) is 7.16. The van der Waals surface area contributed by atoms with Crippen molar-refractivity contribution in [3.05, 3.63) is 0 Å². The molecule has 1 rings (SSSR count). The van der Waals surface area contributed by atoms with Crippen LogP contribution in [0.2, 0.25) is 0 Å². The first-order valence-electron chi connectivity index (χ1n) is 3.91. The molecule has 0 spiro atoms. The van der Waals surface area contributed by atoms with Gasteiger partial charge in [0.1, 0.15) is 0 Å². The first-order chi connectivity index (χ1) is 5.22. The Morgan fingerprint density at radius 1 is 1.55 bits per heavy atom. The lowest BCUT2D eigenvalue weighted by molar-refractivity contribution is -0.145. The van der Waals surface area contributed by atoms with Crippen molar-refractivity contribution >= 4 is 5.97 Å². The van der Waals surface area contributed by atoms with E-state index in [2.05, 4.69) is 0 Å². The van der Waals surface area contributed by atoms with E-state index in [-0.39, 0.29) is 18.0 Å². The normalized spacial score (nSPS) is 35.0. The third-order valence-electron chi connectivity index (χ3n) is 2.13. The minimum absolute atomic E-state index is 0.0139. The highest BCUT2D eigenvalue weighted by atomic mass is 16.5. The molecule has 0 aliphatic heterocycles. The average Bonchev–Trinajstić information content (AvgIpc) is 2.61. The summed E-state index contributed by atoms with van der Waals surface area (Å²) in [6, 6.07) is 0. The van der Waals surface area contributed by atoms with Crippen molar-refractivity contribution in [2.45, 2.75) is 20.0 Å². The monoisotopic (exact) mass is 158 g/mol. The standard InChI is InChI=1S/C8H14O3/c1-4-11-8(9)6-5(2)7(6)10-3/h5-7H,4H2,1-3H3. The van der Waals surface area contributed by atoms with Gasteiger partial charge < -0.3 is 9.47 Å². The van der Waals surface area contributed by atoms with Gasteiger partial charge in [0.25, 0.3) is 0 Å². The van der Waals surface area contributed by atoms with Crippen molar-refractivity contribution in [3.8, 4) is 0 Å². The minimum Gasteiger partial charge on any atom is -0.466 e. The summed E-state index contributed by atoms with van der Waals surface area (Å²) < 4.78 is 9.90. The SMILES string of the molecule is CCOC(=O)C1C(C)C1OC. The van der Waals surface area contributed by atoms with Crippen LogP contribution in [-0.4, -0.2) is 25.8 Å². The van der Waals surface area contributed by atoms with Crippen LogP contribution in [0, 0.1) is 11.8 Å². The summed E-state index contributed by atoms with van der Waals surface area (Å²) in [6.45, 7) is 4.26. The third kappa shape index (κ3) is 1.53. The first kappa shape index (κ1) is 8.53. The maximum absolute atomic E-state index is 11.1. The topological polar surface area (TPSA) is 35.5 Å². The average molecular weight is 158 g/mol. The summed E-state index contributed by atoms with van der Waals surface area (Å²) in [4.78, 5) is 11.1. The van der Waals surface area contributed by atoms with Gasteiger partial charge in [0.05, 0.1) is 18.6 Å². The first-order valence-corrected chi connectivity index (χ1v) is 3.91. The highest BCUT2D eigenvalue weighted by Gasteiger charge is 2.53. The van der Waals surface area contributed by atoms with Crippen molar-refractivity contribution in [2.24, 2.45) is 11.8 Å². The number of esters is 1. The lowest BCUT2D eigenvalue weighted by Crippen LogP contribution is -2.09. The van der Waals surface area contributed by atoms with E-state index in [4.69, 9.17) is 9.47 Å². The van der Waals surface area contributed by atoms with Crippen molar-refractivity contribution < 1.29 is 14.3 Å². The van der Waals surface area contributed by atoms with E-state index in [1.54, 1.807) is 7.11 Å². The van der Waals surface area contributed by atoms with Crippen molar-refractivity contribution in [1.82, 2.24) is 0 Å². The highest BCUT2D eigenvalue weighted by molar-refractivity contribution is 5.77. The summed E-state index contributed by atoms with van der Waals surface area (Å²) in [5.41, 5.74) is 0. The molecule has 0 aromatic rings. The van der Waals surface area contributed by atoms with Crippen LogP contribution in [0.3, 0.4) is 0 Å². The van der Waals surface area contributed by atoms with Crippen LogP contribution in [0.1, 0.15) is 13.8 Å². The molecule has 3 unspecified atom stereocenters. The lowest BCUT2D eigenvalue weighted by Gasteiger charge is -1.98. The Morgan fingerprint density at radius 3 is 2.55 bits per heavy atom. The predicted octanol–water partition coefficient (Wildman–Crippen LogP) is 0.830. The zero-order chi connectivity index (χ0) is 8.43. The Bertz CT molecular complexity index is 155. The fourth-order valence-corrected chi connectivity index (χ4v) is 1.37. The van der Waals surface area contributed by atoms with Crippen molar-refractivity contribution in [1.29, 1.82) is 0 Å². The van der Waals surface area contributed by atoms with Gasteiger partial charge in [-0.05, 0) is 12.8 Å². The van der Waals surface area contributed by atoms with Crippen LogP contribution in [-0.2, 0) is 14.3 Å². The second-order valence-corrected chi connectivity index (χ2v) is 2.84. The lowest BCUT2D eigenvalue weighted by atomic mass is 10.3. The third-order valence-corrected chi connectivity index (χ3v) is 2.13. The molecule has 11 heavy (non-hydrogen) atoms. The maximum atomic E-state index is 11.1. The van der Waals surface area contributed by atoms with Gasteiger partial charge >= 0.3 is 5.97 Å². The molecule has 3 atom stereocenters. The van der Waals surface area contributed by atoms with E-state index < -0.39 is 0 Å². The molecule has 0 aromatic carbocycles. The molecule has 3 heteroatoms. The van der Waals surface area contributed by atoms with Crippen LogP contribution in [0.15, 0.2) is 0 Å². The fraction of sp³-hybridized carbons (Fsp3) is 0.875. The molecular formula is C8H14O3.